The van der Waals surface area contributed by atoms with Crippen LogP contribution in [0.4, 0.5) is 10.1 Å². The van der Waals surface area contributed by atoms with Crippen molar-refractivity contribution in [1.29, 1.82) is 0 Å². The van der Waals surface area contributed by atoms with Gasteiger partial charge in [0.15, 0.2) is 0 Å². The highest BCUT2D eigenvalue weighted by Gasteiger charge is 2.23. The molecule has 19 heavy (non-hydrogen) atoms. The fourth-order valence-corrected chi connectivity index (χ4v) is 2.20. The maximum atomic E-state index is 12.9. The number of fused-ring (bicyclic) bond motifs is 1. The number of anilines is 1. The van der Waals surface area contributed by atoms with Gasteiger partial charge in [0, 0.05) is 21.8 Å². The molecule has 1 N–H and O–H groups in total. The molecule has 4 heteroatoms. The van der Waals surface area contributed by atoms with Gasteiger partial charge < -0.3 is 5.32 Å². The van der Waals surface area contributed by atoms with Crippen molar-refractivity contribution in [1.82, 2.24) is 0 Å². The summed E-state index contributed by atoms with van der Waals surface area (Å²) in [5.41, 5.74) is 2.80. The molecule has 1 aliphatic heterocycles. The van der Waals surface area contributed by atoms with Crippen molar-refractivity contribution in [2.45, 2.75) is 0 Å². The zero-order chi connectivity index (χ0) is 13.4. The second-order valence-electron chi connectivity index (χ2n) is 4.25. The minimum Gasteiger partial charge on any atom is -0.321 e. The standard InChI is InChI=1S/C15H9ClFNO/c16-10-3-6-14-12(8-10)13(15(19)18-14)7-9-1-4-11(17)5-2-9/h1-8H,(H,18,19)/b13-7-. The van der Waals surface area contributed by atoms with Crippen LogP contribution < -0.4 is 5.32 Å². The normalized spacial score (nSPS) is 15.5. The Morgan fingerprint density at radius 3 is 2.58 bits per heavy atom. The van der Waals surface area contributed by atoms with Crippen LogP contribution in [0.1, 0.15) is 11.1 Å². The third-order valence-corrected chi connectivity index (χ3v) is 3.18. The predicted molar refractivity (Wildman–Crippen MR) is 74.4 cm³/mol. The molecule has 0 aromatic heterocycles. The first-order valence-corrected chi connectivity index (χ1v) is 6.10. The molecule has 3 rings (SSSR count). The van der Waals surface area contributed by atoms with Gasteiger partial charge in [0.05, 0.1) is 0 Å². The van der Waals surface area contributed by atoms with Gasteiger partial charge in [-0.3, -0.25) is 4.79 Å². The second kappa shape index (κ2) is 4.52. The average molecular weight is 274 g/mol. The van der Waals surface area contributed by atoms with Crippen molar-refractivity contribution in [3.63, 3.8) is 0 Å². The molecule has 2 aromatic rings. The minimum atomic E-state index is -0.304. The molecule has 1 amide bonds. The third kappa shape index (κ3) is 2.25. The molecule has 0 aliphatic carbocycles. The number of carbonyl (C=O) groups is 1. The highest BCUT2D eigenvalue weighted by Crippen LogP contribution is 2.34. The third-order valence-electron chi connectivity index (χ3n) is 2.95. The molecule has 94 valence electrons. The zero-order valence-electron chi connectivity index (χ0n) is 9.78. The lowest BCUT2D eigenvalue weighted by Gasteiger charge is -1.99. The van der Waals surface area contributed by atoms with Gasteiger partial charge in [-0.1, -0.05) is 23.7 Å². The van der Waals surface area contributed by atoms with E-state index in [0.29, 0.717) is 10.6 Å². The van der Waals surface area contributed by atoms with Crippen molar-refractivity contribution in [2.24, 2.45) is 0 Å². The van der Waals surface area contributed by atoms with Crippen LogP contribution in [0.2, 0.25) is 5.02 Å². The first-order chi connectivity index (χ1) is 9.13. The molecule has 0 saturated carbocycles. The van der Waals surface area contributed by atoms with E-state index >= 15 is 0 Å². The van der Waals surface area contributed by atoms with Crippen LogP contribution in [0.5, 0.6) is 0 Å². The lowest BCUT2D eigenvalue weighted by Crippen LogP contribution is -2.03. The van der Waals surface area contributed by atoms with E-state index in [1.165, 1.54) is 12.1 Å². The molecule has 0 saturated heterocycles. The lowest BCUT2D eigenvalue weighted by molar-refractivity contribution is -0.110. The lowest BCUT2D eigenvalue weighted by atomic mass is 10.0. The highest BCUT2D eigenvalue weighted by atomic mass is 35.5. The Balaban J connectivity index is 2.08. The first kappa shape index (κ1) is 11.9. The van der Waals surface area contributed by atoms with E-state index in [0.717, 1.165) is 16.8 Å². The molecular formula is C15H9ClFNO. The van der Waals surface area contributed by atoms with Crippen molar-refractivity contribution in [3.05, 3.63) is 64.4 Å². The van der Waals surface area contributed by atoms with E-state index in [2.05, 4.69) is 5.32 Å². The van der Waals surface area contributed by atoms with Gasteiger partial charge in [0.2, 0.25) is 0 Å². The molecule has 1 aliphatic rings. The van der Waals surface area contributed by atoms with E-state index in [4.69, 9.17) is 11.6 Å². The van der Waals surface area contributed by atoms with Gasteiger partial charge in [-0.15, -0.1) is 0 Å². The Labute approximate surface area is 114 Å². The number of hydrogen-bond donors (Lipinski definition) is 1. The highest BCUT2D eigenvalue weighted by molar-refractivity contribution is 6.36. The van der Waals surface area contributed by atoms with Crippen molar-refractivity contribution in [3.8, 4) is 0 Å². The molecular weight excluding hydrogens is 265 g/mol. The Kier molecular flexibility index (Phi) is 2.84. The summed E-state index contributed by atoms with van der Waals surface area (Å²) < 4.78 is 12.9. The van der Waals surface area contributed by atoms with Crippen LogP contribution >= 0.6 is 11.6 Å². The smallest absolute Gasteiger partial charge is 0.256 e. The Morgan fingerprint density at radius 2 is 1.84 bits per heavy atom. The number of rotatable bonds is 1. The Bertz CT molecular complexity index is 692. The molecule has 2 aromatic carbocycles. The summed E-state index contributed by atoms with van der Waals surface area (Å²) in [5, 5.41) is 3.34. The van der Waals surface area contributed by atoms with Gasteiger partial charge in [-0.2, -0.15) is 0 Å². The summed E-state index contributed by atoms with van der Waals surface area (Å²) >= 11 is 5.94. The number of carbonyl (C=O) groups excluding carboxylic acids is 1. The van der Waals surface area contributed by atoms with Crippen LogP contribution in [0.15, 0.2) is 42.5 Å². The molecule has 0 fully saturated rings. The van der Waals surface area contributed by atoms with Crippen LogP contribution in [0.25, 0.3) is 11.6 Å². The fraction of sp³-hybridized carbons (Fsp3) is 0. The van der Waals surface area contributed by atoms with Gasteiger partial charge in [0.1, 0.15) is 5.82 Å². The van der Waals surface area contributed by atoms with Gasteiger partial charge >= 0.3 is 0 Å². The maximum absolute atomic E-state index is 12.9. The molecule has 0 spiro atoms. The van der Waals surface area contributed by atoms with Crippen LogP contribution in [0, 0.1) is 5.82 Å². The molecule has 1 heterocycles. The van der Waals surface area contributed by atoms with Gasteiger partial charge in [-0.25, -0.2) is 4.39 Å². The summed E-state index contributed by atoms with van der Waals surface area (Å²) in [6.45, 7) is 0. The number of nitrogens with one attached hydrogen (secondary N) is 1. The fourth-order valence-electron chi connectivity index (χ4n) is 2.03. The number of halogens is 2. The first-order valence-electron chi connectivity index (χ1n) is 5.72. The molecule has 2 nitrogen and oxygen atoms in total. The topological polar surface area (TPSA) is 29.1 Å². The molecule has 0 bridgehead atoms. The summed E-state index contributed by atoms with van der Waals surface area (Å²) in [6.07, 6.45) is 1.72. The van der Waals surface area contributed by atoms with Crippen molar-refractivity contribution < 1.29 is 9.18 Å². The molecule has 0 unspecified atom stereocenters. The zero-order valence-corrected chi connectivity index (χ0v) is 10.5. The average Bonchev–Trinajstić information content (AvgIpc) is 2.69. The molecule has 0 atom stereocenters. The summed E-state index contributed by atoms with van der Waals surface area (Å²) in [6, 6.07) is 11.2. The quantitative estimate of drug-likeness (QED) is 0.783. The number of benzene rings is 2. The van der Waals surface area contributed by atoms with E-state index < -0.39 is 0 Å². The number of amides is 1. The SMILES string of the molecule is O=C1Nc2ccc(Cl)cc2/C1=C/c1ccc(F)cc1. The van der Waals surface area contributed by atoms with Crippen molar-refractivity contribution in [2.75, 3.05) is 5.32 Å². The van der Waals surface area contributed by atoms with E-state index in [1.54, 1.807) is 36.4 Å². The van der Waals surface area contributed by atoms with Gasteiger partial charge in [-0.05, 0) is 42.0 Å². The summed E-state index contributed by atoms with van der Waals surface area (Å²) in [5.74, 6) is -0.483. The van der Waals surface area contributed by atoms with E-state index in [1.807, 2.05) is 0 Å². The largest absolute Gasteiger partial charge is 0.321 e. The van der Waals surface area contributed by atoms with E-state index in [-0.39, 0.29) is 11.7 Å². The van der Waals surface area contributed by atoms with E-state index in [9.17, 15) is 9.18 Å². The molecule has 0 radical (unpaired) electrons. The summed E-state index contributed by atoms with van der Waals surface area (Å²) in [4.78, 5) is 11.9. The van der Waals surface area contributed by atoms with Crippen LogP contribution in [0.3, 0.4) is 0 Å². The monoisotopic (exact) mass is 273 g/mol. The summed E-state index contributed by atoms with van der Waals surface area (Å²) in [7, 11) is 0. The number of hydrogen-bond acceptors (Lipinski definition) is 1. The predicted octanol–water partition coefficient (Wildman–Crippen LogP) is 3.97. The van der Waals surface area contributed by atoms with Crippen LogP contribution in [-0.4, -0.2) is 5.91 Å². The second-order valence-corrected chi connectivity index (χ2v) is 4.69. The van der Waals surface area contributed by atoms with Crippen molar-refractivity contribution >= 4 is 34.8 Å². The van der Waals surface area contributed by atoms with Crippen LogP contribution in [-0.2, 0) is 4.79 Å². The Hall–Kier alpha value is -2.13. The van der Waals surface area contributed by atoms with Gasteiger partial charge in [0.25, 0.3) is 5.91 Å². The minimum absolute atomic E-state index is 0.179. The maximum Gasteiger partial charge on any atom is 0.256 e. The Morgan fingerprint density at radius 1 is 1.11 bits per heavy atom.